The second kappa shape index (κ2) is 4.65. The molecule has 3 nitrogen and oxygen atoms in total. The number of alkyl halides is 2. The Bertz CT molecular complexity index is 463. The van der Waals surface area contributed by atoms with Gasteiger partial charge in [-0.1, -0.05) is 6.07 Å². The molecule has 0 atom stereocenters. The minimum Gasteiger partial charge on any atom is -0.434 e. The van der Waals surface area contributed by atoms with Crippen molar-refractivity contribution in [3.8, 4) is 16.9 Å². The molecule has 16 heavy (non-hydrogen) atoms. The van der Waals surface area contributed by atoms with Crippen LogP contribution in [0.1, 0.15) is 0 Å². The van der Waals surface area contributed by atoms with Crippen molar-refractivity contribution >= 4 is 0 Å². The number of ether oxygens (including phenoxy) is 1. The zero-order valence-electron chi connectivity index (χ0n) is 8.18. The van der Waals surface area contributed by atoms with E-state index in [1.807, 2.05) is 0 Å². The summed E-state index contributed by atoms with van der Waals surface area (Å²) in [5.41, 5.74) is 1.18. The smallest absolute Gasteiger partial charge is 0.387 e. The van der Waals surface area contributed by atoms with Crippen molar-refractivity contribution in [2.75, 3.05) is 0 Å². The second-order valence-electron chi connectivity index (χ2n) is 2.99. The SMILES string of the molecule is FC(F)Oc1ccncc1-c1cccnc1. The van der Waals surface area contributed by atoms with Gasteiger partial charge in [0.25, 0.3) is 0 Å². The third-order valence-corrected chi connectivity index (χ3v) is 1.97. The van der Waals surface area contributed by atoms with Crippen LogP contribution >= 0.6 is 0 Å². The van der Waals surface area contributed by atoms with Gasteiger partial charge in [-0.05, 0) is 12.1 Å². The second-order valence-corrected chi connectivity index (χ2v) is 2.99. The highest BCUT2D eigenvalue weighted by atomic mass is 19.3. The van der Waals surface area contributed by atoms with Crippen LogP contribution in [-0.2, 0) is 0 Å². The summed E-state index contributed by atoms with van der Waals surface area (Å²) in [5.74, 6) is 0.0954. The monoisotopic (exact) mass is 222 g/mol. The van der Waals surface area contributed by atoms with Gasteiger partial charge in [0.15, 0.2) is 0 Å². The van der Waals surface area contributed by atoms with Crippen LogP contribution in [-0.4, -0.2) is 16.6 Å². The van der Waals surface area contributed by atoms with E-state index in [-0.39, 0.29) is 5.75 Å². The lowest BCUT2D eigenvalue weighted by atomic mass is 10.1. The minimum absolute atomic E-state index is 0.0954. The Kier molecular flexibility index (Phi) is 3.05. The largest absolute Gasteiger partial charge is 0.434 e. The van der Waals surface area contributed by atoms with Gasteiger partial charge in [0, 0.05) is 35.9 Å². The number of pyridine rings is 2. The Morgan fingerprint density at radius 1 is 1.06 bits per heavy atom. The van der Waals surface area contributed by atoms with Gasteiger partial charge < -0.3 is 4.74 Å². The van der Waals surface area contributed by atoms with Gasteiger partial charge in [-0.2, -0.15) is 8.78 Å². The van der Waals surface area contributed by atoms with E-state index in [9.17, 15) is 8.78 Å². The molecule has 2 heterocycles. The number of nitrogens with zero attached hydrogens (tertiary/aromatic N) is 2. The molecule has 0 aromatic carbocycles. The van der Waals surface area contributed by atoms with Gasteiger partial charge in [0.2, 0.25) is 0 Å². The minimum atomic E-state index is -2.85. The molecule has 2 rings (SSSR count). The van der Waals surface area contributed by atoms with E-state index < -0.39 is 6.61 Å². The van der Waals surface area contributed by atoms with Crippen LogP contribution in [0, 0.1) is 0 Å². The molecule has 5 heteroatoms. The van der Waals surface area contributed by atoms with Crippen LogP contribution in [0.4, 0.5) is 8.78 Å². The van der Waals surface area contributed by atoms with Gasteiger partial charge in [-0.25, -0.2) is 0 Å². The predicted molar refractivity (Wildman–Crippen MR) is 54.1 cm³/mol. The van der Waals surface area contributed by atoms with Gasteiger partial charge in [0.1, 0.15) is 5.75 Å². The van der Waals surface area contributed by atoms with Crippen LogP contribution in [0.5, 0.6) is 5.75 Å². The number of aromatic nitrogens is 2. The first-order valence-corrected chi connectivity index (χ1v) is 4.56. The van der Waals surface area contributed by atoms with Crippen LogP contribution < -0.4 is 4.74 Å². The molecule has 0 saturated heterocycles. The summed E-state index contributed by atoms with van der Waals surface area (Å²) in [5, 5.41) is 0. The fraction of sp³-hybridized carbons (Fsp3) is 0.0909. The maximum absolute atomic E-state index is 12.2. The average Bonchev–Trinajstić information content (AvgIpc) is 2.30. The highest BCUT2D eigenvalue weighted by molar-refractivity contribution is 5.68. The predicted octanol–water partition coefficient (Wildman–Crippen LogP) is 2.75. The van der Waals surface area contributed by atoms with Crippen LogP contribution in [0.15, 0.2) is 43.0 Å². The quantitative estimate of drug-likeness (QED) is 0.800. The topological polar surface area (TPSA) is 35.0 Å². The number of rotatable bonds is 3. The van der Waals surface area contributed by atoms with E-state index in [0.717, 1.165) is 0 Å². The molecule has 0 amide bonds. The molecule has 2 aromatic rings. The van der Waals surface area contributed by atoms with Crippen molar-refractivity contribution in [2.24, 2.45) is 0 Å². The Morgan fingerprint density at radius 3 is 2.56 bits per heavy atom. The van der Waals surface area contributed by atoms with Crippen LogP contribution in [0.25, 0.3) is 11.1 Å². The molecule has 0 unspecified atom stereocenters. The first kappa shape index (κ1) is 10.5. The average molecular weight is 222 g/mol. The Hall–Kier alpha value is -2.04. The molecule has 82 valence electrons. The van der Waals surface area contributed by atoms with Crippen molar-refractivity contribution in [1.29, 1.82) is 0 Å². The summed E-state index contributed by atoms with van der Waals surface area (Å²) in [6.07, 6.45) is 6.04. The molecular formula is C11H8F2N2O. The summed E-state index contributed by atoms with van der Waals surface area (Å²) in [6, 6.07) is 4.87. The van der Waals surface area contributed by atoms with E-state index in [1.54, 1.807) is 24.5 Å². The molecule has 0 bridgehead atoms. The van der Waals surface area contributed by atoms with E-state index in [2.05, 4.69) is 14.7 Å². The molecule has 0 aliphatic carbocycles. The summed E-state index contributed by atoms with van der Waals surface area (Å²) < 4.78 is 28.7. The summed E-state index contributed by atoms with van der Waals surface area (Å²) >= 11 is 0. The molecule has 0 radical (unpaired) electrons. The van der Waals surface area contributed by atoms with Crippen molar-refractivity contribution in [2.45, 2.75) is 6.61 Å². The van der Waals surface area contributed by atoms with E-state index in [1.165, 1.54) is 18.5 Å². The Balaban J connectivity index is 2.41. The number of hydrogen-bond donors (Lipinski definition) is 0. The third-order valence-electron chi connectivity index (χ3n) is 1.97. The fourth-order valence-electron chi connectivity index (χ4n) is 1.32. The van der Waals surface area contributed by atoms with Gasteiger partial charge in [-0.3, -0.25) is 9.97 Å². The summed E-state index contributed by atoms with van der Waals surface area (Å²) in [4.78, 5) is 7.79. The van der Waals surface area contributed by atoms with Crippen molar-refractivity contribution in [3.05, 3.63) is 43.0 Å². The highest BCUT2D eigenvalue weighted by Crippen LogP contribution is 2.29. The molecule has 0 fully saturated rings. The summed E-state index contributed by atoms with van der Waals surface area (Å²) in [6.45, 7) is -2.85. The van der Waals surface area contributed by atoms with Crippen molar-refractivity contribution < 1.29 is 13.5 Å². The zero-order chi connectivity index (χ0) is 11.4. The Morgan fingerprint density at radius 2 is 1.88 bits per heavy atom. The molecule has 0 aliphatic heterocycles. The lowest BCUT2D eigenvalue weighted by Gasteiger charge is -2.09. The maximum Gasteiger partial charge on any atom is 0.387 e. The van der Waals surface area contributed by atoms with Gasteiger partial charge >= 0.3 is 6.61 Å². The fourth-order valence-corrected chi connectivity index (χ4v) is 1.32. The normalized spacial score (nSPS) is 10.4. The molecule has 0 saturated carbocycles. The standard InChI is InChI=1S/C11H8F2N2O/c12-11(13)16-10-3-5-15-7-9(10)8-2-1-4-14-6-8/h1-7,11H. The third kappa shape index (κ3) is 2.31. The van der Waals surface area contributed by atoms with E-state index in [0.29, 0.717) is 11.1 Å². The summed E-state index contributed by atoms with van der Waals surface area (Å²) in [7, 11) is 0. The lowest BCUT2D eigenvalue weighted by molar-refractivity contribution is -0.0494. The van der Waals surface area contributed by atoms with Gasteiger partial charge in [-0.15, -0.1) is 0 Å². The first-order valence-electron chi connectivity index (χ1n) is 4.56. The molecule has 0 spiro atoms. The molecule has 2 aromatic heterocycles. The maximum atomic E-state index is 12.2. The van der Waals surface area contributed by atoms with Gasteiger partial charge in [0.05, 0.1) is 0 Å². The van der Waals surface area contributed by atoms with Crippen LogP contribution in [0.2, 0.25) is 0 Å². The first-order chi connectivity index (χ1) is 7.77. The highest BCUT2D eigenvalue weighted by Gasteiger charge is 2.10. The number of hydrogen-bond acceptors (Lipinski definition) is 3. The van der Waals surface area contributed by atoms with Crippen LogP contribution in [0.3, 0.4) is 0 Å². The lowest BCUT2D eigenvalue weighted by Crippen LogP contribution is -2.03. The Labute approximate surface area is 90.7 Å². The zero-order valence-corrected chi connectivity index (χ0v) is 8.18. The van der Waals surface area contributed by atoms with Crippen molar-refractivity contribution in [3.63, 3.8) is 0 Å². The molecule has 0 aliphatic rings. The number of halogens is 2. The van der Waals surface area contributed by atoms with E-state index >= 15 is 0 Å². The molecule has 0 N–H and O–H groups in total. The van der Waals surface area contributed by atoms with Crippen molar-refractivity contribution in [1.82, 2.24) is 9.97 Å². The van der Waals surface area contributed by atoms with E-state index in [4.69, 9.17) is 0 Å². The molecular weight excluding hydrogens is 214 g/mol.